The van der Waals surface area contributed by atoms with Crippen molar-refractivity contribution >= 4 is 17.3 Å². The zero-order valence-electron chi connectivity index (χ0n) is 7.62. The summed E-state index contributed by atoms with van der Waals surface area (Å²) in [5.41, 5.74) is 1.89. The summed E-state index contributed by atoms with van der Waals surface area (Å²) in [6, 6.07) is 5.79. The summed E-state index contributed by atoms with van der Waals surface area (Å²) in [5, 5.41) is 3.25. The van der Waals surface area contributed by atoms with Crippen molar-refractivity contribution in [3.05, 3.63) is 18.2 Å². The summed E-state index contributed by atoms with van der Waals surface area (Å²) < 4.78 is 5.35. The van der Waals surface area contributed by atoms with E-state index in [-0.39, 0.29) is 12.5 Å². The Kier molecular flexibility index (Phi) is 1.45. The number of hydrogen-bond acceptors (Lipinski definition) is 3. The minimum atomic E-state index is 0.0476. The van der Waals surface area contributed by atoms with Crippen LogP contribution in [-0.2, 0) is 4.79 Å². The van der Waals surface area contributed by atoms with E-state index in [4.69, 9.17) is 4.74 Å². The number of hydrogen-bond donors (Lipinski definition) is 1. The molecule has 0 bridgehead atoms. The van der Waals surface area contributed by atoms with E-state index < -0.39 is 0 Å². The van der Waals surface area contributed by atoms with Crippen LogP contribution < -0.4 is 15.0 Å². The molecule has 1 N–H and O–H groups in total. The Morgan fingerprint density at radius 2 is 2.36 bits per heavy atom. The normalized spacial score (nSPS) is 18.3. The molecule has 0 unspecified atom stereocenters. The molecular formula is C10H10N2O2. The van der Waals surface area contributed by atoms with E-state index in [0.717, 1.165) is 30.2 Å². The highest BCUT2D eigenvalue weighted by molar-refractivity contribution is 6.02. The second kappa shape index (κ2) is 2.64. The second-order valence-electron chi connectivity index (χ2n) is 3.41. The SMILES string of the molecule is O=C1COc2cccc3c2N1CCN3. The highest BCUT2D eigenvalue weighted by atomic mass is 16.5. The van der Waals surface area contributed by atoms with E-state index in [1.807, 2.05) is 18.2 Å². The van der Waals surface area contributed by atoms with Gasteiger partial charge >= 0.3 is 0 Å². The van der Waals surface area contributed by atoms with Crippen LogP contribution in [0, 0.1) is 0 Å². The number of nitrogens with one attached hydrogen (secondary N) is 1. The Hall–Kier alpha value is -1.71. The molecule has 0 aromatic heterocycles. The molecule has 1 amide bonds. The average molecular weight is 190 g/mol. The first-order valence-electron chi connectivity index (χ1n) is 4.66. The van der Waals surface area contributed by atoms with Gasteiger partial charge in [0.1, 0.15) is 11.4 Å². The van der Waals surface area contributed by atoms with Crippen LogP contribution in [0.25, 0.3) is 0 Å². The monoisotopic (exact) mass is 190 g/mol. The van der Waals surface area contributed by atoms with Crippen molar-refractivity contribution in [2.45, 2.75) is 0 Å². The molecule has 2 aliphatic rings. The van der Waals surface area contributed by atoms with Crippen molar-refractivity contribution in [2.24, 2.45) is 0 Å². The minimum absolute atomic E-state index is 0.0476. The summed E-state index contributed by atoms with van der Waals surface area (Å²) >= 11 is 0. The molecule has 1 aromatic carbocycles. The molecule has 4 nitrogen and oxygen atoms in total. The van der Waals surface area contributed by atoms with E-state index in [9.17, 15) is 4.79 Å². The largest absolute Gasteiger partial charge is 0.481 e. The zero-order valence-corrected chi connectivity index (χ0v) is 7.62. The highest BCUT2D eigenvalue weighted by Gasteiger charge is 2.29. The average Bonchev–Trinajstić information content (AvgIpc) is 2.24. The molecule has 1 aromatic rings. The number of rotatable bonds is 0. The van der Waals surface area contributed by atoms with Crippen LogP contribution in [0.2, 0.25) is 0 Å². The summed E-state index contributed by atoms with van der Waals surface area (Å²) in [4.78, 5) is 13.3. The maximum Gasteiger partial charge on any atom is 0.265 e. The van der Waals surface area contributed by atoms with Gasteiger partial charge < -0.3 is 15.0 Å². The van der Waals surface area contributed by atoms with Gasteiger partial charge in [0.05, 0.1) is 5.69 Å². The summed E-state index contributed by atoms with van der Waals surface area (Å²) in [6.45, 7) is 1.70. The van der Waals surface area contributed by atoms with Crippen LogP contribution in [0.3, 0.4) is 0 Å². The molecule has 72 valence electrons. The van der Waals surface area contributed by atoms with E-state index in [0.29, 0.717) is 0 Å². The van der Waals surface area contributed by atoms with Gasteiger partial charge in [0, 0.05) is 13.1 Å². The summed E-state index contributed by atoms with van der Waals surface area (Å²) in [7, 11) is 0. The van der Waals surface area contributed by atoms with Gasteiger partial charge in [0.25, 0.3) is 5.91 Å². The lowest BCUT2D eigenvalue weighted by Crippen LogP contribution is -2.44. The van der Waals surface area contributed by atoms with Crippen LogP contribution in [0.1, 0.15) is 0 Å². The topological polar surface area (TPSA) is 41.6 Å². The van der Waals surface area contributed by atoms with Crippen LogP contribution in [0.15, 0.2) is 18.2 Å². The lowest BCUT2D eigenvalue weighted by molar-refractivity contribution is -0.121. The second-order valence-corrected chi connectivity index (χ2v) is 3.41. The van der Waals surface area contributed by atoms with Crippen molar-refractivity contribution in [2.75, 3.05) is 29.9 Å². The number of benzene rings is 1. The Balaban J connectivity index is 2.21. The van der Waals surface area contributed by atoms with E-state index in [2.05, 4.69) is 5.32 Å². The quantitative estimate of drug-likeness (QED) is 0.659. The Morgan fingerprint density at radius 3 is 3.29 bits per heavy atom. The van der Waals surface area contributed by atoms with Gasteiger partial charge in [-0.1, -0.05) is 6.07 Å². The van der Waals surface area contributed by atoms with Crippen molar-refractivity contribution < 1.29 is 9.53 Å². The third-order valence-electron chi connectivity index (χ3n) is 2.57. The van der Waals surface area contributed by atoms with Gasteiger partial charge in [-0.2, -0.15) is 0 Å². The molecule has 0 aliphatic carbocycles. The number of carbonyl (C=O) groups excluding carboxylic acids is 1. The predicted octanol–water partition coefficient (Wildman–Crippen LogP) is 0.837. The standard InChI is InChI=1S/C10H10N2O2/c13-9-6-14-8-3-1-2-7-10(8)12(9)5-4-11-7/h1-3,11H,4-6H2. The minimum Gasteiger partial charge on any atom is -0.481 e. The molecule has 4 heteroatoms. The Labute approximate surface area is 81.5 Å². The number of ether oxygens (including phenoxy) is 1. The van der Waals surface area contributed by atoms with Gasteiger partial charge in [-0.25, -0.2) is 0 Å². The van der Waals surface area contributed by atoms with Gasteiger partial charge in [-0.15, -0.1) is 0 Å². The van der Waals surface area contributed by atoms with Crippen LogP contribution in [0.4, 0.5) is 11.4 Å². The molecule has 14 heavy (non-hydrogen) atoms. The number of anilines is 2. The molecule has 0 fully saturated rings. The van der Waals surface area contributed by atoms with Crippen molar-refractivity contribution in [1.82, 2.24) is 0 Å². The van der Waals surface area contributed by atoms with Crippen LogP contribution >= 0.6 is 0 Å². The number of carbonyl (C=O) groups is 1. The fraction of sp³-hybridized carbons (Fsp3) is 0.300. The van der Waals surface area contributed by atoms with Gasteiger partial charge in [0.2, 0.25) is 0 Å². The molecule has 2 heterocycles. The first-order valence-corrected chi connectivity index (χ1v) is 4.66. The van der Waals surface area contributed by atoms with Gasteiger partial charge in [-0.3, -0.25) is 4.79 Å². The van der Waals surface area contributed by atoms with Gasteiger partial charge in [-0.05, 0) is 12.1 Å². The van der Waals surface area contributed by atoms with E-state index in [1.165, 1.54) is 0 Å². The molecule has 0 radical (unpaired) electrons. The Bertz CT molecular complexity index is 389. The summed E-state index contributed by atoms with van der Waals surface area (Å²) in [6.07, 6.45) is 0. The third kappa shape index (κ3) is 0.907. The van der Waals surface area contributed by atoms with E-state index >= 15 is 0 Å². The molecule has 0 atom stereocenters. The van der Waals surface area contributed by atoms with Crippen molar-refractivity contribution in [1.29, 1.82) is 0 Å². The maximum absolute atomic E-state index is 11.5. The maximum atomic E-state index is 11.5. The fourth-order valence-electron chi connectivity index (χ4n) is 1.94. The lowest BCUT2D eigenvalue weighted by Gasteiger charge is -2.34. The Morgan fingerprint density at radius 1 is 1.43 bits per heavy atom. The predicted molar refractivity (Wildman–Crippen MR) is 52.8 cm³/mol. The molecular weight excluding hydrogens is 180 g/mol. The third-order valence-corrected chi connectivity index (χ3v) is 2.57. The van der Waals surface area contributed by atoms with E-state index in [1.54, 1.807) is 4.90 Å². The molecule has 0 saturated heterocycles. The van der Waals surface area contributed by atoms with Crippen LogP contribution in [0.5, 0.6) is 5.75 Å². The van der Waals surface area contributed by atoms with Crippen molar-refractivity contribution in [3.8, 4) is 5.75 Å². The highest BCUT2D eigenvalue weighted by Crippen LogP contribution is 2.40. The smallest absolute Gasteiger partial charge is 0.265 e. The lowest BCUT2D eigenvalue weighted by atomic mass is 10.1. The molecule has 3 rings (SSSR count). The fourth-order valence-corrected chi connectivity index (χ4v) is 1.94. The number of amides is 1. The molecule has 0 spiro atoms. The number of nitrogens with zero attached hydrogens (tertiary/aromatic N) is 1. The van der Waals surface area contributed by atoms with Gasteiger partial charge in [0.15, 0.2) is 6.61 Å². The van der Waals surface area contributed by atoms with Crippen LogP contribution in [-0.4, -0.2) is 25.6 Å². The summed E-state index contributed by atoms with van der Waals surface area (Å²) in [5.74, 6) is 0.848. The zero-order chi connectivity index (χ0) is 9.54. The molecule has 2 aliphatic heterocycles. The first-order chi connectivity index (χ1) is 6.86. The van der Waals surface area contributed by atoms with Crippen molar-refractivity contribution in [3.63, 3.8) is 0 Å². The first kappa shape index (κ1) is 7.67. The molecule has 0 saturated carbocycles. The number of para-hydroxylation sites is 1.